The first-order valence-corrected chi connectivity index (χ1v) is 6.34. The summed E-state index contributed by atoms with van der Waals surface area (Å²) in [5.41, 5.74) is 1.82. The van der Waals surface area contributed by atoms with Crippen molar-refractivity contribution < 1.29 is 0 Å². The topological polar surface area (TPSA) is 59.8 Å². The molecule has 2 heterocycles. The van der Waals surface area contributed by atoms with Crippen molar-refractivity contribution in [2.75, 3.05) is 5.32 Å². The molecule has 2 aromatic rings. The van der Waals surface area contributed by atoms with E-state index in [1.54, 1.807) is 6.20 Å². The first kappa shape index (κ1) is 14.1. The van der Waals surface area contributed by atoms with Crippen molar-refractivity contribution in [2.24, 2.45) is 0 Å². The van der Waals surface area contributed by atoms with Gasteiger partial charge >= 0.3 is 0 Å². The molecule has 0 atom stereocenters. The lowest BCUT2D eigenvalue weighted by molar-refractivity contribution is 0.664. The van der Waals surface area contributed by atoms with E-state index in [-0.39, 0.29) is 22.8 Å². The summed E-state index contributed by atoms with van der Waals surface area (Å²) >= 11 is 6.00. The fraction of sp³-hybridized carbons (Fsp3) is 0.214. The van der Waals surface area contributed by atoms with Crippen molar-refractivity contribution in [3.63, 3.8) is 0 Å². The Bertz CT molecular complexity index is 718. The van der Waals surface area contributed by atoms with E-state index in [1.165, 1.54) is 10.9 Å². The number of anilines is 1. The zero-order chi connectivity index (χ0) is 14.5. The van der Waals surface area contributed by atoms with Crippen LogP contribution in [0.5, 0.6) is 0 Å². The van der Waals surface area contributed by atoms with Gasteiger partial charge in [-0.3, -0.25) is 9.78 Å². The zero-order valence-electron chi connectivity index (χ0n) is 10.9. The highest BCUT2D eigenvalue weighted by molar-refractivity contribution is 6.32. The van der Waals surface area contributed by atoms with Crippen LogP contribution >= 0.6 is 11.6 Å². The number of hydrogen-bond donors (Lipinski definition) is 1. The molecule has 0 aliphatic rings. The van der Waals surface area contributed by atoms with E-state index in [4.69, 9.17) is 18.0 Å². The lowest BCUT2D eigenvalue weighted by Crippen LogP contribution is -2.25. The first-order chi connectivity index (χ1) is 9.63. The van der Waals surface area contributed by atoms with Crippen LogP contribution in [0.2, 0.25) is 5.02 Å². The summed E-state index contributed by atoms with van der Waals surface area (Å²) in [6.07, 6.45) is 8.29. The van der Waals surface area contributed by atoms with Gasteiger partial charge in [-0.05, 0) is 18.6 Å². The lowest BCUT2D eigenvalue weighted by Gasteiger charge is -2.10. The van der Waals surface area contributed by atoms with Gasteiger partial charge in [0.15, 0.2) is 0 Å². The minimum atomic E-state index is -0.343. The second-order valence-electron chi connectivity index (χ2n) is 4.15. The summed E-state index contributed by atoms with van der Waals surface area (Å²) in [6, 6.07) is 3.81. The van der Waals surface area contributed by atoms with Gasteiger partial charge in [0, 0.05) is 6.20 Å². The van der Waals surface area contributed by atoms with Crippen molar-refractivity contribution in [3.8, 4) is 12.3 Å². The van der Waals surface area contributed by atoms with Crippen LogP contribution in [0.15, 0.2) is 29.3 Å². The molecular formula is C14H13ClN4O. The van der Waals surface area contributed by atoms with Gasteiger partial charge in [0.25, 0.3) is 5.56 Å². The van der Waals surface area contributed by atoms with E-state index in [0.717, 1.165) is 11.3 Å². The lowest BCUT2D eigenvalue weighted by atomic mass is 10.2. The summed E-state index contributed by atoms with van der Waals surface area (Å²) in [6.45, 7) is 2.46. The van der Waals surface area contributed by atoms with E-state index in [0.29, 0.717) is 6.54 Å². The molecule has 0 spiro atoms. The highest BCUT2D eigenvalue weighted by atomic mass is 35.5. The van der Waals surface area contributed by atoms with Gasteiger partial charge < -0.3 is 5.32 Å². The van der Waals surface area contributed by atoms with Crippen LogP contribution < -0.4 is 10.9 Å². The minimum absolute atomic E-state index is 0.104. The third kappa shape index (κ3) is 2.98. The van der Waals surface area contributed by atoms with Crippen molar-refractivity contribution in [2.45, 2.75) is 20.0 Å². The standard InChI is InChI=1S/C14H13ClN4O/c1-3-7-19-14(20)13(11(15)8-18-19)17-9-12-10(2)5-4-6-16-12/h1,4-6,8,17H,7,9H2,2H3. The highest BCUT2D eigenvalue weighted by Gasteiger charge is 2.10. The molecule has 0 unspecified atom stereocenters. The maximum absolute atomic E-state index is 12.1. The van der Waals surface area contributed by atoms with Crippen LogP contribution in [0, 0.1) is 19.3 Å². The summed E-state index contributed by atoms with van der Waals surface area (Å²) in [4.78, 5) is 16.4. The normalized spacial score (nSPS) is 10.1. The second-order valence-corrected chi connectivity index (χ2v) is 4.56. The zero-order valence-corrected chi connectivity index (χ0v) is 11.7. The molecule has 102 valence electrons. The fourth-order valence-corrected chi connectivity index (χ4v) is 1.89. The fourth-order valence-electron chi connectivity index (χ4n) is 1.70. The summed E-state index contributed by atoms with van der Waals surface area (Å²) in [5.74, 6) is 2.37. The molecule has 0 radical (unpaired) electrons. The molecule has 6 heteroatoms. The first-order valence-electron chi connectivity index (χ1n) is 5.97. The summed E-state index contributed by atoms with van der Waals surface area (Å²) in [7, 11) is 0. The van der Waals surface area contributed by atoms with Gasteiger partial charge in [-0.15, -0.1) is 6.42 Å². The maximum atomic E-state index is 12.1. The van der Waals surface area contributed by atoms with E-state index in [1.807, 2.05) is 19.1 Å². The van der Waals surface area contributed by atoms with Gasteiger partial charge in [0.2, 0.25) is 0 Å². The van der Waals surface area contributed by atoms with Crippen LogP contribution in [0.3, 0.4) is 0 Å². The Hall–Kier alpha value is -2.32. The quantitative estimate of drug-likeness (QED) is 0.872. The number of aryl methyl sites for hydroxylation is 1. The molecule has 0 amide bonds. The Balaban J connectivity index is 2.26. The van der Waals surface area contributed by atoms with Crippen molar-refractivity contribution >= 4 is 17.3 Å². The monoisotopic (exact) mass is 288 g/mol. The number of rotatable bonds is 4. The Morgan fingerprint density at radius 3 is 3.05 bits per heavy atom. The predicted molar refractivity (Wildman–Crippen MR) is 78.6 cm³/mol. The largest absolute Gasteiger partial charge is 0.374 e. The Kier molecular flexibility index (Phi) is 4.38. The number of pyridine rings is 1. The molecule has 0 saturated heterocycles. The predicted octanol–water partition coefficient (Wildman–Crippen LogP) is 1.85. The highest BCUT2D eigenvalue weighted by Crippen LogP contribution is 2.16. The Labute approximate surface area is 121 Å². The third-order valence-electron chi connectivity index (χ3n) is 2.79. The Morgan fingerprint density at radius 2 is 2.35 bits per heavy atom. The van der Waals surface area contributed by atoms with E-state index in [2.05, 4.69) is 21.3 Å². The number of nitrogens with one attached hydrogen (secondary N) is 1. The van der Waals surface area contributed by atoms with Crippen LogP contribution in [0.1, 0.15) is 11.3 Å². The second kappa shape index (κ2) is 6.22. The van der Waals surface area contributed by atoms with E-state index >= 15 is 0 Å². The molecule has 1 N–H and O–H groups in total. The minimum Gasteiger partial charge on any atom is -0.374 e. The SMILES string of the molecule is C#CCn1ncc(Cl)c(NCc2ncccc2C)c1=O. The van der Waals surface area contributed by atoms with Gasteiger partial charge in [-0.2, -0.15) is 5.10 Å². The number of nitrogens with zero attached hydrogens (tertiary/aromatic N) is 3. The molecular weight excluding hydrogens is 276 g/mol. The van der Waals surface area contributed by atoms with Crippen molar-refractivity contribution in [1.29, 1.82) is 0 Å². The van der Waals surface area contributed by atoms with Crippen LogP contribution in [0.25, 0.3) is 0 Å². The van der Waals surface area contributed by atoms with E-state index < -0.39 is 0 Å². The van der Waals surface area contributed by atoms with E-state index in [9.17, 15) is 4.79 Å². The number of aromatic nitrogens is 3. The van der Waals surface area contributed by atoms with Crippen LogP contribution in [-0.2, 0) is 13.1 Å². The van der Waals surface area contributed by atoms with Crippen LogP contribution in [-0.4, -0.2) is 14.8 Å². The molecule has 20 heavy (non-hydrogen) atoms. The average Bonchev–Trinajstić information content (AvgIpc) is 2.44. The molecule has 0 aliphatic heterocycles. The molecule has 0 saturated carbocycles. The third-order valence-corrected chi connectivity index (χ3v) is 3.08. The van der Waals surface area contributed by atoms with Crippen molar-refractivity contribution in [1.82, 2.24) is 14.8 Å². The van der Waals surface area contributed by atoms with Crippen molar-refractivity contribution in [3.05, 3.63) is 51.2 Å². The molecule has 0 aromatic carbocycles. The average molecular weight is 289 g/mol. The van der Waals surface area contributed by atoms with Gasteiger partial charge in [0.1, 0.15) is 12.2 Å². The molecule has 2 rings (SSSR count). The summed E-state index contributed by atoms with van der Waals surface area (Å²) in [5, 5.41) is 7.14. The van der Waals surface area contributed by atoms with Gasteiger partial charge in [0.05, 0.1) is 23.5 Å². The van der Waals surface area contributed by atoms with Crippen LogP contribution in [0.4, 0.5) is 5.69 Å². The molecule has 0 aliphatic carbocycles. The molecule has 0 fully saturated rings. The maximum Gasteiger partial charge on any atom is 0.292 e. The van der Waals surface area contributed by atoms with Gasteiger partial charge in [-0.25, -0.2) is 4.68 Å². The summed E-state index contributed by atoms with van der Waals surface area (Å²) < 4.78 is 1.18. The molecule has 2 aromatic heterocycles. The molecule has 5 nitrogen and oxygen atoms in total. The van der Waals surface area contributed by atoms with Gasteiger partial charge in [-0.1, -0.05) is 23.6 Å². The number of halogens is 1. The Morgan fingerprint density at radius 1 is 1.55 bits per heavy atom. The number of hydrogen-bond acceptors (Lipinski definition) is 4. The smallest absolute Gasteiger partial charge is 0.292 e. The number of terminal acetylenes is 1. The molecule has 0 bridgehead atoms.